The molecule has 0 atom stereocenters. The molecular weight excluding hydrogens is 178 g/mol. The second-order valence-corrected chi connectivity index (χ2v) is 3.73. The van der Waals surface area contributed by atoms with Crippen LogP contribution in [0.2, 0.25) is 0 Å². The molecule has 0 bridgehead atoms. The van der Waals surface area contributed by atoms with Crippen LogP contribution in [0.5, 0.6) is 0 Å². The molecule has 0 amide bonds. The largest absolute Gasteiger partial charge is 0.408 e. The lowest BCUT2D eigenvalue weighted by Crippen LogP contribution is -2.20. The van der Waals surface area contributed by atoms with E-state index in [0.717, 1.165) is 18.8 Å². The van der Waals surface area contributed by atoms with Gasteiger partial charge in [0.2, 0.25) is 5.90 Å². The third kappa shape index (κ3) is 3.20. The first-order chi connectivity index (χ1) is 6.59. The Morgan fingerprint density at radius 2 is 2.07 bits per heavy atom. The van der Waals surface area contributed by atoms with Gasteiger partial charge >= 0.3 is 0 Å². The molecule has 1 aliphatic rings. The van der Waals surface area contributed by atoms with Crippen LogP contribution in [0.3, 0.4) is 0 Å². The van der Waals surface area contributed by atoms with Gasteiger partial charge in [0.1, 0.15) is 0 Å². The fourth-order valence-electron chi connectivity index (χ4n) is 1.46. The summed E-state index contributed by atoms with van der Waals surface area (Å²) in [7, 11) is 0. The predicted octanol–water partition coefficient (Wildman–Crippen LogP) is 2.01. The lowest BCUT2D eigenvalue weighted by molar-refractivity contribution is 0.296. The van der Waals surface area contributed by atoms with E-state index in [9.17, 15) is 0 Å². The number of amidine groups is 1. The molecular formula is C10H17N3O. The van der Waals surface area contributed by atoms with Crippen molar-refractivity contribution in [3.8, 4) is 0 Å². The molecule has 0 aromatic carbocycles. The zero-order valence-corrected chi connectivity index (χ0v) is 8.31. The van der Waals surface area contributed by atoms with Crippen LogP contribution in [-0.4, -0.2) is 11.9 Å². The van der Waals surface area contributed by atoms with Crippen LogP contribution in [0.1, 0.15) is 32.1 Å². The molecule has 1 aliphatic carbocycles. The molecule has 1 rings (SSSR count). The van der Waals surface area contributed by atoms with E-state index in [-0.39, 0.29) is 5.90 Å². The standard InChI is InChI=1S/C10H17N3O/c1-7(9(11)14-10(12)13)5-6-8-3-2-4-8/h8,11H,1-6H2,(H3,12,13). The maximum absolute atomic E-state index is 7.40. The Hall–Kier alpha value is -1.32. The molecule has 14 heavy (non-hydrogen) atoms. The Kier molecular flexibility index (Phi) is 3.68. The van der Waals surface area contributed by atoms with Gasteiger partial charge in [-0.3, -0.25) is 10.8 Å². The van der Waals surface area contributed by atoms with Crippen LogP contribution in [-0.2, 0) is 4.74 Å². The molecule has 1 fully saturated rings. The van der Waals surface area contributed by atoms with E-state index in [0.29, 0.717) is 5.57 Å². The smallest absolute Gasteiger partial charge is 0.285 e. The van der Waals surface area contributed by atoms with Gasteiger partial charge in [0, 0.05) is 5.57 Å². The highest BCUT2D eigenvalue weighted by Crippen LogP contribution is 2.31. The summed E-state index contributed by atoms with van der Waals surface area (Å²) in [6.07, 6.45) is 5.78. The zero-order valence-electron chi connectivity index (χ0n) is 8.31. The SMILES string of the molecule is C=C(CCC1CCC1)C(=N)OC(=N)N. The maximum atomic E-state index is 7.40. The van der Waals surface area contributed by atoms with E-state index >= 15 is 0 Å². The summed E-state index contributed by atoms with van der Waals surface area (Å²) >= 11 is 0. The van der Waals surface area contributed by atoms with Gasteiger partial charge in [-0.2, -0.15) is 0 Å². The third-order valence-corrected chi connectivity index (χ3v) is 2.61. The molecule has 78 valence electrons. The second-order valence-electron chi connectivity index (χ2n) is 3.73. The average Bonchev–Trinajstić information content (AvgIpc) is 1.99. The van der Waals surface area contributed by atoms with Crippen LogP contribution in [0.25, 0.3) is 0 Å². The van der Waals surface area contributed by atoms with Crippen LogP contribution in [0.4, 0.5) is 0 Å². The molecule has 0 heterocycles. The Bertz CT molecular complexity index is 256. The molecule has 0 aliphatic heterocycles. The normalized spacial score (nSPS) is 15.7. The molecule has 0 saturated heterocycles. The topological polar surface area (TPSA) is 83.0 Å². The molecule has 0 radical (unpaired) electrons. The lowest BCUT2D eigenvalue weighted by atomic mass is 9.81. The lowest BCUT2D eigenvalue weighted by Gasteiger charge is -2.25. The highest BCUT2D eigenvalue weighted by molar-refractivity contribution is 5.97. The number of rotatable bonds is 4. The monoisotopic (exact) mass is 195 g/mol. The molecule has 0 aromatic heterocycles. The van der Waals surface area contributed by atoms with Gasteiger partial charge < -0.3 is 10.5 Å². The van der Waals surface area contributed by atoms with Gasteiger partial charge in [0.25, 0.3) is 6.02 Å². The van der Waals surface area contributed by atoms with Crippen molar-refractivity contribution in [1.82, 2.24) is 0 Å². The number of nitrogens with two attached hydrogens (primary N) is 1. The summed E-state index contributed by atoms with van der Waals surface area (Å²) in [5.41, 5.74) is 5.64. The summed E-state index contributed by atoms with van der Waals surface area (Å²) in [4.78, 5) is 0. The van der Waals surface area contributed by atoms with Gasteiger partial charge in [-0.25, -0.2) is 0 Å². The van der Waals surface area contributed by atoms with Gasteiger partial charge in [-0.05, 0) is 18.8 Å². The van der Waals surface area contributed by atoms with Crippen molar-refractivity contribution >= 4 is 11.9 Å². The van der Waals surface area contributed by atoms with Gasteiger partial charge in [-0.15, -0.1) is 0 Å². The second kappa shape index (κ2) is 4.79. The highest BCUT2D eigenvalue weighted by Gasteiger charge is 2.18. The molecule has 4 N–H and O–H groups in total. The maximum Gasteiger partial charge on any atom is 0.285 e. The first-order valence-electron chi connectivity index (χ1n) is 4.88. The minimum atomic E-state index is -0.445. The Morgan fingerprint density at radius 3 is 2.50 bits per heavy atom. The summed E-state index contributed by atoms with van der Waals surface area (Å²) in [5.74, 6) is 0.730. The molecule has 0 aromatic rings. The van der Waals surface area contributed by atoms with E-state index in [1.807, 2.05) is 0 Å². The van der Waals surface area contributed by atoms with E-state index in [1.54, 1.807) is 0 Å². The van der Waals surface area contributed by atoms with Crippen molar-refractivity contribution in [3.63, 3.8) is 0 Å². The van der Waals surface area contributed by atoms with E-state index in [1.165, 1.54) is 19.3 Å². The molecule has 0 spiro atoms. The summed E-state index contributed by atoms with van der Waals surface area (Å²) in [6, 6.07) is -0.445. The van der Waals surface area contributed by atoms with Crippen molar-refractivity contribution in [2.45, 2.75) is 32.1 Å². The summed E-state index contributed by atoms with van der Waals surface area (Å²) in [5, 5.41) is 14.3. The van der Waals surface area contributed by atoms with Crippen molar-refractivity contribution < 1.29 is 4.74 Å². The Balaban J connectivity index is 2.19. The number of hydrogen-bond donors (Lipinski definition) is 3. The molecule has 1 saturated carbocycles. The minimum Gasteiger partial charge on any atom is -0.408 e. The highest BCUT2D eigenvalue weighted by atomic mass is 16.5. The Labute approximate surface area is 84.2 Å². The van der Waals surface area contributed by atoms with Crippen molar-refractivity contribution in [3.05, 3.63) is 12.2 Å². The van der Waals surface area contributed by atoms with Gasteiger partial charge in [0.05, 0.1) is 0 Å². The molecule has 4 heteroatoms. The predicted molar refractivity (Wildman–Crippen MR) is 56.4 cm³/mol. The first-order valence-corrected chi connectivity index (χ1v) is 4.88. The number of ether oxygens (including phenoxy) is 1. The minimum absolute atomic E-state index is 0.0724. The Morgan fingerprint density at radius 1 is 1.43 bits per heavy atom. The molecule has 0 unspecified atom stereocenters. The van der Waals surface area contributed by atoms with Crippen LogP contribution in [0.15, 0.2) is 12.2 Å². The summed E-state index contributed by atoms with van der Waals surface area (Å²) in [6.45, 7) is 3.74. The zero-order chi connectivity index (χ0) is 10.6. The average molecular weight is 195 g/mol. The number of hydrogen-bond acceptors (Lipinski definition) is 3. The van der Waals surface area contributed by atoms with E-state index in [4.69, 9.17) is 16.6 Å². The van der Waals surface area contributed by atoms with E-state index < -0.39 is 6.02 Å². The summed E-state index contributed by atoms with van der Waals surface area (Å²) < 4.78 is 4.64. The quantitative estimate of drug-likeness (QED) is 0.473. The fraction of sp³-hybridized carbons (Fsp3) is 0.600. The van der Waals surface area contributed by atoms with Crippen LogP contribution in [0, 0.1) is 16.7 Å². The number of nitrogens with one attached hydrogen (secondary N) is 2. The third-order valence-electron chi connectivity index (χ3n) is 2.61. The molecule has 4 nitrogen and oxygen atoms in total. The van der Waals surface area contributed by atoms with Crippen molar-refractivity contribution in [2.75, 3.05) is 0 Å². The van der Waals surface area contributed by atoms with Crippen molar-refractivity contribution in [1.29, 1.82) is 10.8 Å². The van der Waals surface area contributed by atoms with Gasteiger partial charge in [-0.1, -0.05) is 25.8 Å². The van der Waals surface area contributed by atoms with Gasteiger partial charge in [0.15, 0.2) is 0 Å². The van der Waals surface area contributed by atoms with Crippen LogP contribution >= 0.6 is 0 Å². The van der Waals surface area contributed by atoms with Crippen LogP contribution < -0.4 is 5.73 Å². The van der Waals surface area contributed by atoms with E-state index in [2.05, 4.69) is 11.3 Å². The first kappa shape index (κ1) is 10.8. The van der Waals surface area contributed by atoms with Crippen molar-refractivity contribution in [2.24, 2.45) is 11.7 Å². The fourth-order valence-corrected chi connectivity index (χ4v) is 1.46.